The summed E-state index contributed by atoms with van der Waals surface area (Å²) in [6.45, 7) is 6.61. The first-order chi connectivity index (χ1) is 29.7. The first kappa shape index (κ1) is 40.0. The number of piperidine rings is 1. The Morgan fingerprint density at radius 1 is 0.885 bits per heavy atom. The van der Waals surface area contributed by atoms with Crippen molar-refractivity contribution >= 4 is 62.5 Å². The molecule has 2 aromatic heterocycles. The molecule has 0 spiro atoms. The molecule has 14 nitrogen and oxygen atoms in total. The van der Waals surface area contributed by atoms with E-state index in [-0.39, 0.29) is 23.8 Å². The third-order valence-electron chi connectivity index (χ3n) is 11.9. The average molecular weight is 831 g/mol. The van der Waals surface area contributed by atoms with Crippen molar-refractivity contribution in [3.8, 4) is 0 Å². The highest BCUT2D eigenvalue weighted by molar-refractivity contribution is 6.11. The maximum Gasteiger partial charge on any atom is 0.258 e. The molecule has 1 atom stereocenters. The van der Waals surface area contributed by atoms with Crippen molar-refractivity contribution in [1.82, 2.24) is 30.0 Å². The summed E-state index contributed by atoms with van der Waals surface area (Å²) in [5, 5.41) is 20.7. The van der Waals surface area contributed by atoms with Gasteiger partial charge in [-0.25, -0.2) is 13.8 Å². The van der Waals surface area contributed by atoms with E-state index in [9.17, 15) is 23.2 Å². The third-order valence-corrected chi connectivity index (χ3v) is 11.9. The molecule has 4 aromatic carbocycles. The highest BCUT2D eigenvalue weighted by Crippen LogP contribution is 2.30. The van der Waals surface area contributed by atoms with Crippen LogP contribution in [0.4, 0.5) is 31.7 Å². The SMILES string of the molecule is O=C1CCC(n2cnc3cc(NCCCN4CCN(c5ccc(C(=O)Nc6n[nH]c7ccc(Cc8cc(F)cc(F)c8)cc67)c(NC6CCOCC6)c5)CC4)ccc32)C(=O)N1. The molecule has 5 N–H and O–H groups in total. The molecule has 6 aromatic rings. The van der Waals surface area contributed by atoms with Crippen molar-refractivity contribution in [1.29, 1.82) is 0 Å². The number of halogens is 2. The number of ether oxygens (including phenoxy) is 1. The van der Waals surface area contributed by atoms with Crippen LogP contribution in [0.1, 0.15) is 59.6 Å². The number of aromatic amines is 1. The van der Waals surface area contributed by atoms with Crippen LogP contribution < -0.4 is 26.2 Å². The minimum Gasteiger partial charge on any atom is -0.385 e. The number of H-pyrrole nitrogens is 1. The van der Waals surface area contributed by atoms with Gasteiger partial charge in [-0.05, 0) is 110 Å². The number of aromatic nitrogens is 4. The van der Waals surface area contributed by atoms with Gasteiger partial charge >= 0.3 is 0 Å². The van der Waals surface area contributed by atoms with Crippen LogP contribution in [0, 0.1) is 11.6 Å². The second-order valence-electron chi connectivity index (χ2n) is 16.1. The van der Waals surface area contributed by atoms with Gasteiger partial charge in [0.1, 0.15) is 17.7 Å². The Morgan fingerprint density at radius 2 is 1.70 bits per heavy atom. The smallest absolute Gasteiger partial charge is 0.258 e. The number of hydrogen-bond donors (Lipinski definition) is 5. The van der Waals surface area contributed by atoms with Crippen LogP contribution in [-0.2, 0) is 20.7 Å². The molecular weight excluding hydrogens is 783 g/mol. The lowest BCUT2D eigenvalue weighted by molar-refractivity contribution is -0.135. The van der Waals surface area contributed by atoms with Crippen molar-refractivity contribution in [2.24, 2.45) is 0 Å². The lowest BCUT2D eigenvalue weighted by Crippen LogP contribution is -2.46. The number of nitrogens with zero attached hydrogens (tertiary/aromatic N) is 5. The van der Waals surface area contributed by atoms with Crippen molar-refractivity contribution < 1.29 is 27.9 Å². The number of imide groups is 1. The average Bonchev–Trinajstić information content (AvgIpc) is 3.86. The Balaban J connectivity index is 0.808. The van der Waals surface area contributed by atoms with Gasteiger partial charge in [0.25, 0.3) is 5.91 Å². The zero-order valence-corrected chi connectivity index (χ0v) is 33.7. The van der Waals surface area contributed by atoms with Gasteiger partial charge in [-0.2, -0.15) is 5.10 Å². The summed E-state index contributed by atoms with van der Waals surface area (Å²) in [5.74, 6) is -1.70. The lowest BCUT2D eigenvalue weighted by atomic mass is 10.0. The van der Waals surface area contributed by atoms with Gasteiger partial charge in [0.2, 0.25) is 11.8 Å². The Morgan fingerprint density at radius 3 is 2.51 bits per heavy atom. The number of fused-ring (bicyclic) bond motifs is 2. The summed E-state index contributed by atoms with van der Waals surface area (Å²) in [6, 6.07) is 20.7. The summed E-state index contributed by atoms with van der Waals surface area (Å²) in [4.78, 5) is 47.4. The van der Waals surface area contributed by atoms with E-state index in [0.717, 1.165) is 104 Å². The Kier molecular flexibility index (Phi) is 11.6. The number of nitrogens with one attached hydrogen (secondary N) is 5. The maximum absolute atomic E-state index is 14.0. The van der Waals surface area contributed by atoms with E-state index < -0.39 is 17.7 Å². The van der Waals surface area contributed by atoms with E-state index in [2.05, 4.69) is 52.3 Å². The molecular formula is C45H48F2N10O4. The normalized spacial score (nSPS) is 17.8. The standard InChI is InChI=1S/C45H48F2N10O4/c46-30-21-29(22-31(47)24-30)20-28-2-6-37-36(23-28)43(54-53-37)52-44(59)35-5-4-34(26-38(35)50-32-10-18-61-19-11-32)56-16-14-55(15-17-56)13-1-12-48-33-3-7-40-39(25-33)49-27-57(40)41-8-9-42(58)51-45(41)60/h2-7,21-27,32,41,48,50H,1,8-20H2,(H,51,58,60)(H2,52,53,54,59). The zero-order valence-electron chi connectivity index (χ0n) is 33.7. The van der Waals surface area contributed by atoms with E-state index in [1.54, 1.807) is 6.33 Å². The number of imidazole rings is 1. The molecule has 3 aliphatic heterocycles. The highest BCUT2D eigenvalue weighted by atomic mass is 19.1. The number of rotatable bonds is 13. The fourth-order valence-electron chi connectivity index (χ4n) is 8.60. The molecule has 316 valence electrons. The van der Waals surface area contributed by atoms with Crippen LogP contribution in [0.2, 0.25) is 0 Å². The molecule has 3 aliphatic rings. The molecule has 9 rings (SSSR count). The number of benzene rings is 4. The summed E-state index contributed by atoms with van der Waals surface area (Å²) >= 11 is 0. The zero-order chi connectivity index (χ0) is 41.9. The predicted octanol–water partition coefficient (Wildman–Crippen LogP) is 6.23. The fraction of sp³-hybridized carbons (Fsp3) is 0.356. The number of carbonyl (C=O) groups excluding carboxylic acids is 3. The van der Waals surface area contributed by atoms with E-state index in [4.69, 9.17) is 4.74 Å². The van der Waals surface area contributed by atoms with E-state index >= 15 is 0 Å². The van der Waals surface area contributed by atoms with Crippen molar-refractivity contribution in [3.05, 3.63) is 107 Å². The summed E-state index contributed by atoms with van der Waals surface area (Å²) < 4.78 is 35.2. The summed E-state index contributed by atoms with van der Waals surface area (Å²) in [6.07, 6.45) is 5.41. The predicted molar refractivity (Wildman–Crippen MR) is 230 cm³/mol. The Bertz CT molecular complexity index is 2560. The minimum atomic E-state index is -0.625. The molecule has 3 fully saturated rings. The van der Waals surface area contributed by atoms with Gasteiger partial charge in [-0.1, -0.05) is 6.07 Å². The monoisotopic (exact) mass is 830 g/mol. The molecule has 3 saturated heterocycles. The van der Waals surface area contributed by atoms with Gasteiger partial charge < -0.3 is 30.2 Å². The summed E-state index contributed by atoms with van der Waals surface area (Å²) in [5.41, 5.74) is 7.00. The van der Waals surface area contributed by atoms with Crippen LogP contribution >= 0.6 is 0 Å². The quantitative estimate of drug-likeness (QED) is 0.0667. The number of carbonyl (C=O) groups is 3. The second kappa shape index (κ2) is 17.7. The van der Waals surface area contributed by atoms with Crippen molar-refractivity contribution in [3.63, 3.8) is 0 Å². The van der Waals surface area contributed by atoms with Gasteiger partial charge in [0.15, 0.2) is 5.82 Å². The molecule has 0 radical (unpaired) electrons. The van der Waals surface area contributed by atoms with Crippen LogP contribution in [0.5, 0.6) is 0 Å². The first-order valence-corrected chi connectivity index (χ1v) is 21.0. The lowest BCUT2D eigenvalue weighted by Gasteiger charge is -2.36. The number of piperazine rings is 1. The molecule has 0 aliphatic carbocycles. The summed E-state index contributed by atoms with van der Waals surface area (Å²) in [7, 11) is 0. The van der Waals surface area contributed by atoms with Gasteiger partial charge in [0.05, 0.1) is 28.4 Å². The largest absolute Gasteiger partial charge is 0.385 e. The number of hydrogen-bond acceptors (Lipinski definition) is 10. The van der Waals surface area contributed by atoms with E-state index in [0.29, 0.717) is 54.8 Å². The topological polar surface area (TPSA) is 162 Å². The molecule has 61 heavy (non-hydrogen) atoms. The number of amides is 3. The van der Waals surface area contributed by atoms with Crippen LogP contribution in [0.3, 0.4) is 0 Å². The molecule has 1 unspecified atom stereocenters. The van der Waals surface area contributed by atoms with Crippen LogP contribution in [0.25, 0.3) is 21.9 Å². The third kappa shape index (κ3) is 9.20. The highest BCUT2D eigenvalue weighted by Gasteiger charge is 2.29. The molecule has 3 amide bonds. The van der Waals surface area contributed by atoms with Gasteiger partial charge in [-0.15, -0.1) is 0 Å². The van der Waals surface area contributed by atoms with Crippen molar-refractivity contribution in [2.45, 2.75) is 50.6 Å². The van der Waals surface area contributed by atoms with Gasteiger partial charge in [0, 0.05) is 86.9 Å². The fourth-order valence-corrected chi connectivity index (χ4v) is 8.60. The molecule has 0 saturated carbocycles. The Labute approximate surface area is 351 Å². The Hall–Kier alpha value is -6.39. The first-order valence-electron chi connectivity index (χ1n) is 21.0. The van der Waals surface area contributed by atoms with E-state index in [1.165, 1.54) is 12.1 Å². The molecule has 16 heteroatoms. The second-order valence-corrected chi connectivity index (χ2v) is 16.1. The van der Waals surface area contributed by atoms with Crippen LogP contribution in [-0.4, -0.2) is 101 Å². The molecule has 5 heterocycles. The van der Waals surface area contributed by atoms with Gasteiger partial charge in [-0.3, -0.25) is 29.7 Å². The maximum atomic E-state index is 14.0. The molecule has 0 bridgehead atoms. The van der Waals surface area contributed by atoms with E-state index in [1.807, 2.05) is 53.1 Å². The number of anilines is 4. The van der Waals surface area contributed by atoms with Crippen LogP contribution in [0.15, 0.2) is 79.1 Å². The minimum absolute atomic E-state index is 0.166. The van der Waals surface area contributed by atoms with Crippen molar-refractivity contribution in [2.75, 3.05) is 73.3 Å².